The molecule has 2 atom stereocenters. The van der Waals surface area contributed by atoms with Crippen molar-refractivity contribution in [3.63, 3.8) is 0 Å². The zero-order chi connectivity index (χ0) is 24.5. The molecule has 0 aliphatic carbocycles. The summed E-state index contributed by atoms with van der Waals surface area (Å²) in [5.74, 6) is -1.77. The standard InChI is InChI=1S/C23H30N4O6S/c1-15(13-32-2)24-20(29)14-33-22(31)16-7-6-8-17(11-16)25-19(28)12-18-21(30)26-23(34-18)27-9-4-3-5-10-27/h6-8,11,15,18H,3-5,9-10,12-14H2,1-2H3,(H,24,29)(H,25,28). The third-order valence-electron chi connectivity index (χ3n) is 5.27. The lowest BCUT2D eigenvalue weighted by molar-refractivity contribution is -0.125. The Morgan fingerprint density at radius 2 is 1.97 bits per heavy atom. The topological polar surface area (TPSA) is 126 Å². The van der Waals surface area contributed by atoms with E-state index in [2.05, 4.69) is 20.5 Å². The highest BCUT2D eigenvalue weighted by Crippen LogP contribution is 2.29. The molecule has 1 aromatic rings. The first-order valence-corrected chi connectivity index (χ1v) is 12.1. The van der Waals surface area contributed by atoms with E-state index in [1.165, 1.54) is 37.4 Å². The third kappa shape index (κ3) is 7.56. The number of methoxy groups -OCH3 is 1. The minimum Gasteiger partial charge on any atom is -0.452 e. The molecule has 2 aliphatic heterocycles. The van der Waals surface area contributed by atoms with Crippen molar-refractivity contribution in [2.75, 3.05) is 38.7 Å². The van der Waals surface area contributed by atoms with Crippen molar-refractivity contribution < 1.29 is 28.7 Å². The molecule has 34 heavy (non-hydrogen) atoms. The van der Waals surface area contributed by atoms with Gasteiger partial charge in [-0.1, -0.05) is 17.8 Å². The van der Waals surface area contributed by atoms with Crippen LogP contribution in [0.4, 0.5) is 5.69 Å². The summed E-state index contributed by atoms with van der Waals surface area (Å²) in [6.45, 7) is 3.46. The number of thioether (sulfide) groups is 1. The zero-order valence-corrected chi connectivity index (χ0v) is 20.2. The molecular weight excluding hydrogens is 460 g/mol. The van der Waals surface area contributed by atoms with Crippen molar-refractivity contribution in [2.45, 2.75) is 43.9 Å². The average Bonchev–Trinajstić information content (AvgIpc) is 3.18. The highest BCUT2D eigenvalue weighted by atomic mass is 32.2. The fourth-order valence-electron chi connectivity index (χ4n) is 3.66. The number of aliphatic imine (C=N–C) groups is 1. The molecule has 184 valence electrons. The van der Waals surface area contributed by atoms with E-state index in [4.69, 9.17) is 9.47 Å². The number of hydrogen-bond donors (Lipinski definition) is 2. The number of anilines is 1. The first-order chi connectivity index (χ1) is 16.4. The fraction of sp³-hybridized carbons (Fsp3) is 0.522. The molecule has 2 aliphatic rings. The number of nitrogens with zero attached hydrogens (tertiary/aromatic N) is 2. The molecule has 1 fully saturated rings. The average molecular weight is 491 g/mol. The van der Waals surface area contributed by atoms with Crippen molar-refractivity contribution in [3.8, 4) is 0 Å². The van der Waals surface area contributed by atoms with Gasteiger partial charge < -0.3 is 25.0 Å². The summed E-state index contributed by atoms with van der Waals surface area (Å²) in [6.07, 6.45) is 3.32. The maximum Gasteiger partial charge on any atom is 0.338 e. The SMILES string of the molecule is COCC(C)NC(=O)COC(=O)c1cccc(NC(=O)CC2SC(N3CCCCC3)=NC2=O)c1. The summed E-state index contributed by atoms with van der Waals surface area (Å²) >= 11 is 1.33. The van der Waals surface area contributed by atoms with E-state index in [0.29, 0.717) is 17.5 Å². The van der Waals surface area contributed by atoms with Gasteiger partial charge in [0.15, 0.2) is 11.8 Å². The highest BCUT2D eigenvalue weighted by molar-refractivity contribution is 8.15. The number of amides is 3. The molecule has 3 rings (SSSR count). The van der Waals surface area contributed by atoms with Crippen molar-refractivity contribution in [1.82, 2.24) is 10.2 Å². The summed E-state index contributed by atoms with van der Waals surface area (Å²) in [4.78, 5) is 55.2. The Morgan fingerprint density at radius 1 is 1.21 bits per heavy atom. The lowest BCUT2D eigenvalue weighted by Crippen LogP contribution is -2.38. The van der Waals surface area contributed by atoms with Crippen LogP contribution in [0.1, 0.15) is 43.0 Å². The molecule has 2 heterocycles. The number of benzene rings is 1. The van der Waals surface area contributed by atoms with Crippen molar-refractivity contribution in [3.05, 3.63) is 29.8 Å². The Kier molecular flexibility index (Phi) is 9.46. The van der Waals surface area contributed by atoms with Gasteiger partial charge in [-0.3, -0.25) is 14.4 Å². The van der Waals surface area contributed by atoms with E-state index >= 15 is 0 Å². The van der Waals surface area contributed by atoms with Crippen molar-refractivity contribution >= 4 is 46.3 Å². The molecule has 2 N–H and O–H groups in total. The number of ether oxygens (including phenoxy) is 2. The quantitative estimate of drug-likeness (QED) is 0.502. The van der Waals surface area contributed by atoms with Gasteiger partial charge >= 0.3 is 5.97 Å². The van der Waals surface area contributed by atoms with E-state index in [0.717, 1.165) is 25.9 Å². The minimum absolute atomic E-state index is 0.0150. The summed E-state index contributed by atoms with van der Waals surface area (Å²) in [6, 6.07) is 6.01. The number of amidine groups is 1. The number of carbonyl (C=O) groups is 4. The van der Waals surface area contributed by atoms with Crippen LogP contribution < -0.4 is 10.6 Å². The van der Waals surface area contributed by atoms with Crippen LogP contribution in [-0.2, 0) is 23.9 Å². The Hall–Kier alpha value is -2.92. The molecule has 0 radical (unpaired) electrons. The maximum atomic E-state index is 12.5. The number of nitrogens with one attached hydrogen (secondary N) is 2. The molecule has 1 saturated heterocycles. The van der Waals surface area contributed by atoms with Crippen molar-refractivity contribution in [2.24, 2.45) is 4.99 Å². The molecule has 0 saturated carbocycles. The van der Waals surface area contributed by atoms with E-state index < -0.39 is 23.7 Å². The summed E-state index contributed by atoms with van der Waals surface area (Å²) < 4.78 is 9.99. The van der Waals surface area contributed by atoms with Gasteiger partial charge in [-0.2, -0.15) is 4.99 Å². The third-order valence-corrected chi connectivity index (χ3v) is 6.48. The molecule has 0 bridgehead atoms. The normalized spacial score (nSPS) is 18.8. The van der Waals surface area contributed by atoms with E-state index in [9.17, 15) is 19.2 Å². The Bertz CT molecular complexity index is 947. The summed E-state index contributed by atoms with van der Waals surface area (Å²) in [5, 5.41) is 5.51. The maximum absolute atomic E-state index is 12.5. The van der Waals surface area contributed by atoms with Crippen LogP contribution in [0.25, 0.3) is 0 Å². The van der Waals surface area contributed by atoms with E-state index in [-0.39, 0.29) is 29.8 Å². The van der Waals surface area contributed by atoms with Crippen LogP contribution in [0.15, 0.2) is 29.3 Å². The first-order valence-electron chi connectivity index (χ1n) is 11.2. The minimum atomic E-state index is -0.688. The first kappa shape index (κ1) is 25.7. The largest absolute Gasteiger partial charge is 0.452 e. The van der Waals surface area contributed by atoms with Gasteiger partial charge in [-0.05, 0) is 44.4 Å². The van der Waals surface area contributed by atoms with Crippen LogP contribution in [0, 0.1) is 0 Å². The van der Waals surface area contributed by atoms with Gasteiger partial charge in [-0.25, -0.2) is 4.79 Å². The number of rotatable bonds is 9. The fourth-order valence-corrected chi connectivity index (χ4v) is 4.77. The Morgan fingerprint density at radius 3 is 2.71 bits per heavy atom. The molecule has 0 aromatic heterocycles. The van der Waals surface area contributed by atoms with Gasteiger partial charge in [0.25, 0.3) is 11.8 Å². The monoisotopic (exact) mass is 490 g/mol. The van der Waals surface area contributed by atoms with Gasteiger partial charge in [-0.15, -0.1) is 0 Å². The lowest BCUT2D eigenvalue weighted by atomic mass is 10.1. The number of esters is 1. The lowest BCUT2D eigenvalue weighted by Gasteiger charge is -2.27. The predicted octanol–water partition coefficient (Wildman–Crippen LogP) is 1.81. The second-order valence-electron chi connectivity index (χ2n) is 8.22. The van der Waals surface area contributed by atoms with Gasteiger partial charge in [0.1, 0.15) is 5.25 Å². The smallest absolute Gasteiger partial charge is 0.338 e. The number of hydrogen-bond acceptors (Lipinski definition) is 8. The number of piperidine rings is 1. The Balaban J connectivity index is 1.47. The number of likely N-dealkylation sites (tertiary alicyclic amines) is 1. The second-order valence-corrected chi connectivity index (χ2v) is 9.39. The summed E-state index contributed by atoms with van der Waals surface area (Å²) in [5.41, 5.74) is 0.586. The van der Waals surface area contributed by atoms with E-state index in [1.807, 2.05) is 0 Å². The summed E-state index contributed by atoms with van der Waals surface area (Å²) in [7, 11) is 1.53. The van der Waals surface area contributed by atoms with Crippen LogP contribution in [0.2, 0.25) is 0 Å². The molecule has 11 heteroatoms. The zero-order valence-electron chi connectivity index (χ0n) is 19.4. The molecule has 2 unspecified atom stereocenters. The van der Waals surface area contributed by atoms with Crippen molar-refractivity contribution in [1.29, 1.82) is 0 Å². The Labute approximate surface area is 202 Å². The van der Waals surface area contributed by atoms with Crippen LogP contribution in [-0.4, -0.2) is 78.5 Å². The van der Waals surface area contributed by atoms with Crippen LogP contribution >= 0.6 is 11.8 Å². The highest BCUT2D eigenvalue weighted by Gasteiger charge is 2.33. The van der Waals surface area contributed by atoms with E-state index in [1.54, 1.807) is 19.1 Å². The molecule has 10 nitrogen and oxygen atoms in total. The number of carbonyl (C=O) groups excluding carboxylic acids is 4. The van der Waals surface area contributed by atoms with Gasteiger partial charge in [0.05, 0.1) is 12.2 Å². The second kappa shape index (κ2) is 12.5. The molecule has 0 spiro atoms. The van der Waals surface area contributed by atoms with Crippen LogP contribution in [0.3, 0.4) is 0 Å². The molecule has 3 amide bonds. The van der Waals surface area contributed by atoms with Gasteiger partial charge in [0, 0.05) is 38.3 Å². The predicted molar refractivity (Wildman–Crippen MR) is 129 cm³/mol. The van der Waals surface area contributed by atoms with Gasteiger partial charge in [0.2, 0.25) is 5.91 Å². The molecular formula is C23H30N4O6S. The van der Waals surface area contributed by atoms with Crippen LogP contribution in [0.5, 0.6) is 0 Å². The molecule has 1 aromatic carbocycles.